The van der Waals surface area contributed by atoms with E-state index in [1.54, 1.807) is 6.92 Å². The van der Waals surface area contributed by atoms with E-state index in [0.29, 0.717) is 24.0 Å². The Morgan fingerprint density at radius 3 is 2.63 bits per heavy atom. The van der Waals surface area contributed by atoms with Crippen LogP contribution in [0, 0.1) is 11.3 Å². The molecule has 0 atom stereocenters. The van der Waals surface area contributed by atoms with Crippen molar-refractivity contribution in [2.75, 3.05) is 12.3 Å². The van der Waals surface area contributed by atoms with Gasteiger partial charge in [0.2, 0.25) is 0 Å². The zero-order valence-corrected chi connectivity index (χ0v) is 10.8. The summed E-state index contributed by atoms with van der Waals surface area (Å²) in [4.78, 5) is 11.9. The van der Waals surface area contributed by atoms with Crippen LogP contribution in [0.2, 0.25) is 0 Å². The summed E-state index contributed by atoms with van der Waals surface area (Å²) < 4.78 is 4.89. The summed E-state index contributed by atoms with van der Waals surface area (Å²) in [6.07, 6.45) is 3.25. The molecule has 2 rings (SSSR count). The van der Waals surface area contributed by atoms with Crippen LogP contribution in [0.1, 0.15) is 46.8 Å². The van der Waals surface area contributed by atoms with Crippen LogP contribution < -0.4 is 5.73 Å². The van der Waals surface area contributed by atoms with Gasteiger partial charge in [0.1, 0.15) is 17.4 Å². The van der Waals surface area contributed by atoms with Crippen molar-refractivity contribution in [2.24, 2.45) is 0 Å². The van der Waals surface area contributed by atoms with E-state index in [9.17, 15) is 15.2 Å². The van der Waals surface area contributed by atoms with Crippen molar-refractivity contribution < 1.29 is 14.6 Å². The Bertz CT molecular complexity index is 573. The third-order valence-corrected chi connectivity index (χ3v) is 3.42. The summed E-state index contributed by atoms with van der Waals surface area (Å²) in [5.74, 6) is -0.799. The van der Waals surface area contributed by atoms with Gasteiger partial charge in [-0.2, -0.15) is 5.26 Å². The molecule has 19 heavy (non-hydrogen) atoms. The number of phenols is 1. The van der Waals surface area contributed by atoms with Crippen molar-refractivity contribution in [3.8, 4) is 11.8 Å². The van der Waals surface area contributed by atoms with E-state index < -0.39 is 5.97 Å². The third-order valence-electron chi connectivity index (χ3n) is 3.42. The monoisotopic (exact) mass is 260 g/mol. The highest BCUT2D eigenvalue weighted by Crippen LogP contribution is 2.39. The van der Waals surface area contributed by atoms with Gasteiger partial charge in [-0.25, -0.2) is 4.79 Å². The van der Waals surface area contributed by atoms with Crippen LogP contribution in [0.5, 0.6) is 5.75 Å². The Morgan fingerprint density at radius 2 is 2.05 bits per heavy atom. The first-order valence-corrected chi connectivity index (χ1v) is 6.35. The van der Waals surface area contributed by atoms with E-state index in [-0.39, 0.29) is 23.6 Å². The van der Waals surface area contributed by atoms with Crippen molar-refractivity contribution in [1.29, 1.82) is 5.26 Å². The molecule has 0 saturated heterocycles. The van der Waals surface area contributed by atoms with Crippen LogP contribution in [0.25, 0.3) is 0 Å². The number of anilines is 1. The second-order valence-electron chi connectivity index (χ2n) is 4.51. The van der Waals surface area contributed by atoms with Gasteiger partial charge in [0.25, 0.3) is 0 Å². The minimum atomic E-state index is -0.678. The lowest BCUT2D eigenvalue weighted by Crippen LogP contribution is -2.15. The average molecular weight is 260 g/mol. The Labute approximate surface area is 111 Å². The number of aromatic hydroxyl groups is 1. The van der Waals surface area contributed by atoms with E-state index in [4.69, 9.17) is 10.5 Å². The van der Waals surface area contributed by atoms with E-state index in [1.165, 1.54) is 0 Å². The Morgan fingerprint density at radius 1 is 1.42 bits per heavy atom. The van der Waals surface area contributed by atoms with Crippen molar-refractivity contribution in [3.05, 3.63) is 22.3 Å². The molecule has 1 aromatic carbocycles. The molecule has 0 aliphatic heterocycles. The number of carbonyl (C=O) groups excluding carboxylic acids is 1. The van der Waals surface area contributed by atoms with Gasteiger partial charge in [-0.05, 0) is 43.7 Å². The molecule has 0 spiro atoms. The molecule has 5 nitrogen and oxygen atoms in total. The smallest absolute Gasteiger partial charge is 0.344 e. The molecule has 0 bridgehead atoms. The van der Waals surface area contributed by atoms with Gasteiger partial charge >= 0.3 is 5.97 Å². The average Bonchev–Trinajstić information content (AvgIpc) is 2.40. The summed E-state index contributed by atoms with van der Waals surface area (Å²) in [6, 6.07) is 2.04. The number of benzene rings is 1. The van der Waals surface area contributed by atoms with E-state index in [1.807, 2.05) is 6.07 Å². The fourth-order valence-electron chi connectivity index (χ4n) is 2.55. The molecule has 100 valence electrons. The molecule has 0 heterocycles. The lowest BCUT2D eigenvalue weighted by Gasteiger charge is -2.21. The van der Waals surface area contributed by atoms with Crippen molar-refractivity contribution in [1.82, 2.24) is 0 Å². The minimum Gasteiger partial charge on any atom is -0.507 e. The first-order valence-electron chi connectivity index (χ1n) is 6.35. The fourth-order valence-corrected chi connectivity index (χ4v) is 2.55. The van der Waals surface area contributed by atoms with E-state index in [0.717, 1.165) is 18.4 Å². The maximum Gasteiger partial charge on any atom is 0.344 e. The van der Waals surface area contributed by atoms with Crippen LogP contribution in [0.4, 0.5) is 5.69 Å². The number of hydrogen-bond acceptors (Lipinski definition) is 5. The molecule has 1 aliphatic rings. The number of phenolic OH excluding ortho intramolecular Hbond substituents is 1. The zero-order valence-electron chi connectivity index (χ0n) is 10.8. The van der Waals surface area contributed by atoms with Gasteiger partial charge < -0.3 is 15.6 Å². The van der Waals surface area contributed by atoms with Crippen molar-refractivity contribution in [2.45, 2.75) is 32.6 Å². The summed E-state index contributed by atoms with van der Waals surface area (Å²) in [5.41, 5.74) is 7.57. The highest BCUT2D eigenvalue weighted by molar-refractivity contribution is 6.00. The minimum absolute atomic E-state index is 0.0269. The quantitative estimate of drug-likeness (QED) is 0.625. The number of nitrogens with zero attached hydrogens (tertiary/aromatic N) is 1. The van der Waals surface area contributed by atoms with E-state index in [2.05, 4.69) is 0 Å². The second-order valence-corrected chi connectivity index (χ2v) is 4.51. The molecule has 0 radical (unpaired) electrons. The fraction of sp³-hybridized carbons (Fsp3) is 0.429. The van der Waals surface area contributed by atoms with Gasteiger partial charge in [-0.3, -0.25) is 0 Å². The molecular formula is C14H16N2O3. The third kappa shape index (κ3) is 2.10. The van der Waals surface area contributed by atoms with Gasteiger partial charge in [0.05, 0.1) is 17.9 Å². The van der Waals surface area contributed by atoms with Crippen molar-refractivity contribution in [3.63, 3.8) is 0 Å². The predicted octanol–water partition coefficient (Wildman–Crippen LogP) is 1.90. The lowest BCUT2D eigenvalue weighted by atomic mass is 9.85. The zero-order chi connectivity index (χ0) is 14.0. The number of nitrogens with two attached hydrogens (primary N) is 1. The number of carbonyl (C=O) groups is 1. The normalized spacial score (nSPS) is 13.5. The number of ether oxygens (including phenoxy) is 1. The second kappa shape index (κ2) is 5.19. The Kier molecular flexibility index (Phi) is 3.61. The first-order chi connectivity index (χ1) is 9.11. The van der Waals surface area contributed by atoms with Gasteiger partial charge in [0.15, 0.2) is 0 Å². The standard InChI is InChI=1S/C14H16N2O3/c1-2-19-14(18)11-12(16)10(7-15)8-5-3-4-6-9(8)13(11)17/h17H,2-6,16H2,1H3. The lowest BCUT2D eigenvalue weighted by molar-refractivity contribution is 0.0524. The van der Waals surface area contributed by atoms with E-state index >= 15 is 0 Å². The predicted molar refractivity (Wildman–Crippen MR) is 69.8 cm³/mol. The molecule has 1 aromatic rings. The maximum absolute atomic E-state index is 11.9. The van der Waals surface area contributed by atoms with Crippen LogP contribution in [-0.2, 0) is 17.6 Å². The highest BCUT2D eigenvalue weighted by Gasteiger charge is 2.28. The summed E-state index contributed by atoms with van der Waals surface area (Å²) >= 11 is 0. The number of rotatable bonds is 2. The van der Waals surface area contributed by atoms with Crippen LogP contribution in [-0.4, -0.2) is 17.7 Å². The van der Waals surface area contributed by atoms with Crippen LogP contribution in [0.15, 0.2) is 0 Å². The summed E-state index contributed by atoms with van der Waals surface area (Å²) in [5, 5.41) is 19.5. The Balaban J connectivity index is 2.68. The molecule has 0 saturated carbocycles. The molecule has 0 unspecified atom stereocenters. The van der Waals surface area contributed by atoms with Crippen LogP contribution >= 0.6 is 0 Å². The number of fused-ring (bicyclic) bond motifs is 1. The summed E-state index contributed by atoms with van der Waals surface area (Å²) in [7, 11) is 0. The number of hydrogen-bond donors (Lipinski definition) is 2. The van der Waals surface area contributed by atoms with Gasteiger partial charge in [0, 0.05) is 0 Å². The SMILES string of the molecule is CCOC(=O)c1c(N)c(C#N)c2c(c1O)CCCC2. The first kappa shape index (κ1) is 13.2. The number of esters is 1. The molecule has 5 heteroatoms. The largest absolute Gasteiger partial charge is 0.507 e. The van der Waals surface area contributed by atoms with Gasteiger partial charge in [-0.1, -0.05) is 0 Å². The molecular weight excluding hydrogens is 244 g/mol. The number of nitriles is 1. The molecule has 3 N–H and O–H groups in total. The molecule has 1 aliphatic carbocycles. The topological polar surface area (TPSA) is 96.3 Å². The molecule has 0 fully saturated rings. The maximum atomic E-state index is 11.9. The Hall–Kier alpha value is -2.22. The highest BCUT2D eigenvalue weighted by atomic mass is 16.5. The number of nitrogen functional groups attached to an aromatic ring is 1. The van der Waals surface area contributed by atoms with Crippen LogP contribution in [0.3, 0.4) is 0 Å². The molecule has 0 aromatic heterocycles. The summed E-state index contributed by atoms with van der Waals surface area (Å²) in [6.45, 7) is 1.87. The van der Waals surface area contributed by atoms with Gasteiger partial charge in [-0.15, -0.1) is 0 Å². The van der Waals surface area contributed by atoms with Crippen molar-refractivity contribution >= 4 is 11.7 Å². The molecule has 0 amide bonds.